The maximum atomic E-state index is 11.6. The van der Waals surface area contributed by atoms with Gasteiger partial charge in [0.25, 0.3) is 0 Å². The molecule has 0 saturated heterocycles. The van der Waals surface area contributed by atoms with E-state index in [-0.39, 0.29) is 13.2 Å². The molecule has 3 aromatic carbocycles. The van der Waals surface area contributed by atoms with E-state index >= 15 is 0 Å². The Hall–Kier alpha value is -4.08. The Balaban J connectivity index is 1.44. The second-order valence-corrected chi connectivity index (χ2v) is 9.27. The summed E-state index contributed by atoms with van der Waals surface area (Å²) in [4.78, 5) is 24.8. The maximum Gasteiger partial charge on any atom is 0.440 e. The summed E-state index contributed by atoms with van der Waals surface area (Å²) in [5.74, 6) is 0.636. The number of benzene rings is 3. The smallest absolute Gasteiger partial charge is 0.440 e. The molecule has 0 amide bonds. The molecular weight excluding hydrogens is 488 g/mol. The number of rotatable bonds is 11. The van der Waals surface area contributed by atoms with Crippen molar-refractivity contribution in [2.45, 2.75) is 46.4 Å². The third-order valence-corrected chi connectivity index (χ3v) is 6.42. The lowest BCUT2D eigenvalue weighted by Gasteiger charge is -2.18. The number of aliphatic hydroxyl groups is 2. The van der Waals surface area contributed by atoms with Gasteiger partial charge in [-0.15, -0.1) is 4.74 Å². The van der Waals surface area contributed by atoms with Crippen molar-refractivity contribution in [1.29, 1.82) is 0 Å². The van der Waals surface area contributed by atoms with Crippen LogP contribution in [0.2, 0.25) is 0 Å². The van der Waals surface area contributed by atoms with E-state index in [1.54, 1.807) is 0 Å². The number of hydrogen-bond acceptors (Lipinski definition) is 7. The summed E-state index contributed by atoms with van der Waals surface area (Å²) in [6.07, 6.45) is -0.410. The van der Waals surface area contributed by atoms with Crippen LogP contribution < -0.4 is 20.9 Å². The van der Waals surface area contributed by atoms with Gasteiger partial charge in [0.1, 0.15) is 18.1 Å². The van der Waals surface area contributed by atoms with E-state index in [1.165, 1.54) is 0 Å². The molecule has 9 heteroatoms. The van der Waals surface area contributed by atoms with E-state index in [4.69, 9.17) is 19.1 Å². The number of aromatic nitrogens is 2. The molecule has 1 atom stereocenters. The predicted molar refractivity (Wildman–Crippen MR) is 143 cm³/mol. The molecular formula is C29H32N2O7. The third-order valence-electron chi connectivity index (χ3n) is 6.42. The highest BCUT2D eigenvalue weighted by atomic mass is 16.5. The Bertz CT molecular complexity index is 1480. The zero-order chi connectivity index (χ0) is 27.2. The molecule has 0 spiro atoms. The van der Waals surface area contributed by atoms with Gasteiger partial charge in [0.05, 0.1) is 25.9 Å². The van der Waals surface area contributed by atoms with Crippen LogP contribution in [0.3, 0.4) is 0 Å². The van der Waals surface area contributed by atoms with E-state index in [0.717, 1.165) is 49.4 Å². The molecule has 0 radical (unpaired) electrons. The zero-order valence-corrected chi connectivity index (χ0v) is 21.7. The summed E-state index contributed by atoms with van der Waals surface area (Å²) in [6.45, 7) is 6.77. The molecule has 0 fully saturated rings. The van der Waals surface area contributed by atoms with E-state index in [2.05, 4.69) is 31.8 Å². The monoisotopic (exact) mass is 520 g/mol. The standard InChI is InChI=1S/C29H32N2O7/c1-18-13-25(36-12-11-23(33)16-32)14-19(2)27(18)26-6-4-5-22(20(26)3)17-37-24-9-7-21(8-10-24)15-31-28(34)30-29(35)38-31/h4-10,13-14,23,32-33H,11-12,15-17H2,1-3H3,(H,30,34,35)/t23-/m0/s1. The van der Waals surface area contributed by atoms with Crippen LogP contribution in [0.25, 0.3) is 11.1 Å². The number of aromatic amines is 1. The lowest BCUT2D eigenvalue weighted by atomic mass is 9.90. The van der Waals surface area contributed by atoms with E-state index < -0.39 is 17.5 Å². The summed E-state index contributed by atoms with van der Waals surface area (Å²) >= 11 is 0. The number of aryl methyl sites for hydroxylation is 2. The molecule has 0 bridgehead atoms. The topological polar surface area (TPSA) is 127 Å². The van der Waals surface area contributed by atoms with Crippen LogP contribution in [0.15, 0.2) is 68.7 Å². The molecule has 9 nitrogen and oxygen atoms in total. The summed E-state index contributed by atoms with van der Waals surface area (Å²) in [5.41, 5.74) is 6.81. The summed E-state index contributed by atoms with van der Waals surface area (Å²) < 4.78 is 17.6. The lowest BCUT2D eigenvalue weighted by Crippen LogP contribution is -2.17. The molecule has 3 N–H and O–H groups in total. The maximum absolute atomic E-state index is 11.6. The van der Waals surface area contributed by atoms with Gasteiger partial charge < -0.3 is 24.2 Å². The summed E-state index contributed by atoms with van der Waals surface area (Å²) in [6, 6.07) is 17.4. The van der Waals surface area contributed by atoms with Crippen molar-refractivity contribution < 1.29 is 24.2 Å². The minimum Gasteiger partial charge on any atom is -0.493 e. The molecule has 1 heterocycles. The average Bonchev–Trinajstić information content (AvgIpc) is 3.20. The van der Waals surface area contributed by atoms with Crippen molar-refractivity contribution in [2.75, 3.05) is 13.2 Å². The van der Waals surface area contributed by atoms with E-state index in [9.17, 15) is 14.7 Å². The average molecular weight is 521 g/mol. The number of hydrogen-bond donors (Lipinski definition) is 3. The normalized spacial score (nSPS) is 11.9. The number of ether oxygens (including phenoxy) is 2. The first-order valence-corrected chi connectivity index (χ1v) is 12.4. The highest BCUT2D eigenvalue weighted by Gasteiger charge is 2.14. The Labute approximate surface area is 219 Å². The van der Waals surface area contributed by atoms with Crippen molar-refractivity contribution in [2.24, 2.45) is 0 Å². The van der Waals surface area contributed by atoms with Crippen LogP contribution in [0.4, 0.5) is 0 Å². The third kappa shape index (κ3) is 6.42. The Morgan fingerprint density at radius 2 is 1.68 bits per heavy atom. The quantitative estimate of drug-likeness (QED) is 0.276. The van der Waals surface area contributed by atoms with Crippen LogP contribution in [-0.2, 0) is 13.2 Å². The molecule has 0 aliphatic rings. The van der Waals surface area contributed by atoms with E-state index in [0.29, 0.717) is 25.4 Å². The van der Waals surface area contributed by atoms with Gasteiger partial charge in [0.2, 0.25) is 0 Å². The fourth-order valence-corrected chi connectivity index (χ4v) is 4.38. The molecule has 4 aromatic rings. The number of H-pyrrole nitrogens is 1. The van der Waals surface area contributed by atoms with Gasteiger partial charge in [-0.1, -0.05) is 30.3 Å². The van der Waals surface area contributed by atoms with Crippen LogP contribution in [-0.4, -0.2) is 39.3 Å². The Kier molecular flexibility index (Phi) is 8.50. The Morgan fingerprint density at radius 1 is 0.974 bits per heavy atom. The first-order chi connectivity index (χ1) is 18.2. The second kappa shape index (κ2) is 12.0. The highest BCUT2D eigenvalue weighted by molar-refractivity contribution is 5.75. The molecule has 0 aliphatic heterocycles. The van der Waals surface area contributed by atoms with Crippen molar-refractivity contribution in [1.82, 2.24) is 9.72 Å². The largest absolute Gasteiger partial charge is 0.493 e. The van der Waals surface area contributed by atoms with E-state index in [1.807, 2.05) is 48.5 Å². The Morgan fingerprint density at radius 3 is 2.32 bits per heavy atom. The van der Waals surface area contributed by atoms with Crippen molar-refractivity contribution in [3.05, 3.63) is 103 Å². The van der Waals surface area contributed by atoms with Crippen LogP contribution in [0.5, 0.6) is 11.5 Å². The molecule has 0 saturated carbocycles. The SMILES string of the molecule is Cc1cc(OCC[C@H](O)CO)cc(C)c1-c1cccc(COc2ccc(Cn3oc(=O)[nH]c3=O)cc2)c1C. The summed E-state index contributed by atoms with van der Waals surface area (Å²) in [7, 11) is 0. The molecule has 38 heavy (non-hydrogen) atoms. The molecule has 0 aliphatic carbocycles. The van der Waals surface area contributed by atoms with Gasteiger partial charge >= 0.3 is 11.4 Å². The van der Waals surface area contributed by atoms with Gasteiger partial charge in [-0.3, -0.25) is 0 Å². The van der Waals surface area contributed by atoms with Crippen LogP contribution in [0.1, 0.15) is 34.2 Å². The highest BCUT2D eigenvalue weighted by Crippen LogP contribution is 2.34. The van der Waals surface area contributed by atoms with Crippen LogP contribution >= 0.6 is 0 Å². The fourth-order valence-electron chi connectivity index (χ4n) is 4.38. The fraction of sp³-hybridized carbons (Fsp3) is 0.310. The molecule has 1 aromatic heterocycles. The predicted octanol–water partition coefficient (Wildman–Crippen LogP) is 3.47. The first-order valence-electron chi connectivity index (χ1n) is 12.4. The van der Waals surface area contributed by atoms with Crippen LogP contribution in [0, 0.1) is 20.8 Å². The van der Waals surface area contributed by atoms with Crippen molar-refractivity contribution in [3.63, 3.8) is 0 Å². The van der Waals surface area contributed by atoms with Gasteiger partial charge in [0.15, 0.2) is 0 Å². The van der Waals surface area contributed by atoms with Crippen molar-refractivity contribution in [3.8, 4) is 22.6 Å². The molecule has 4 rings (SSSR count). The number of nitrogens with one attached hydrogen (secondary N) is 1. The number of nitrogens with zero attached hydrogens (tertiary/aromatic N) is 1. The van der Waals surface area contributed by atoms with Gasteiger partial charge in [-0.2, -0.15) is 0 Å². The van der Waals surface area contributed by atoms with Crippen molar-refractivity contribution >= 4 is 0 Å². The van der Waals surface area contributed by atoms with Gasteiger partial charge in [-0.25, -0.2) is 14.6 Å². The van der Waals surface area contributed by atoms with Gasteiger partial charge in [0, 0.05) is 6.42 Å². The lowest BCUT2D eigenvalue weighted by molar-refractivity contribution is 0.0754. The second-order valence-electron chi connectivity index (χ2n) is 9.27. The molecule has 200 valence electrons. The minimum atomic E-state index is -0.780. The zero-order valence-electron chi connectivity index (χ0n) is 21.7. The number of aliphatic hydroxyl groups excluding tert-OH is 2. The first kappa shape index (κ1) is 27.0. The minimum absolute atomic E-state index is 0.145. The molecule has 0 unspecified atom stereocenters. The van der Waals surface area contributed by atoms with Gasteiger partial charge in [-0.05, 0) is 84.0 Å². The summed E-state index contributed by atoms with van der Waals surface area (Å²) in [5, 5.41) is 18.5.